The number of rotatable bonds is 4. The number of nitrogens with one attached hydrogen (secondary N) is 1. The molecule has 10 heteroatoms. The van der Waals surface area contributed by atoms with Crippen molar-refractivity contribution in [1.82, 2.24) is 0 Å². The molecule has 0 spiro atoms. The van der Waals surface area contributed by atoms with Gasteiger partial charge in [0.2, 0.25) is 0 Å². The third kappa shape index (κ3) is 3.82. The predicted molar refractivity (Wildman–Crippen MR) is 75.6 cm³/mol. The van der Waals surface area contributed by atoms with E-state index < -0.39 is 44.0 Å². The monoisotopic (exact) mass is 363 g/mol. The molecule has 0 saturated carbocycles. The van der Waals surface area contributed by atoms with Crippen molar-refractivity contribution >= 4 is 21.7 Å². The SMILES string of the molecule is O=C(O)c1cc(S(=O)(=O)Nc2ccc(C(F)(F)F)cc2)ccc1F. The minimum atomic E-state index is -4.56. The predicted octanol–water partition coefficient (Wildman–Crippen LogP) is 3.34. The molecule has 0 aromatic heterocycles. The van der Waals surface area contributed by atoms with Crippen molar-refractivity contribution in [1.29, 1.82) is 0 Å². The van der Waals surface area contributed by atoms with Gasteiger partial charge in [0.05, 0.1) is 16.0 Å². The van der Waals surface area contributed by atoms with E-state index in [1.165, 1.54) is 0 Å². The minimum absolute atomic E-state index is 0.163. The Hall–Kier alpha value is -2.62. The molecule has 2 aromatic carbocycles. The Morgan fingerprint density at radius 3 is 2.12 bits per heavy atom. The number of carbonyl (C=O) groups is 1. The number of sulfonamides is 1. The molecule has 0 fully saturated rings. The maximum Gasteiger partial charge on any atom is 0.416 e. The summed E-state index contributed by atoms with van der Waals surface area (Å²) in [6, 6.07) is 5.31. The summed E-state index contributed by atoms with van der Waals surface area (Å²) in [6.45, 7) is 0. The van der Waals surface area contributed by atoms with Crippen molar-refractivity contribution in [2.75, 3.05) is 4.72 Å². The first-order valence-corrected chi connectivity index (χ1v) is 7.72. The van der Waals surface area contributed by atoms with Crippen LogP contribution in [0.5, 0.6) is 0 Å². The second kappa shape index (κ2) is 6.11. The zero-order valence-electron chi connectivity index (χ0n) is 11.6. The number of carboxylic acid groups (broad SMARTS) is 1. The van der Waals surface area contributed by atoms with E-state index in [0.29, 0.717) is 24.3 Å². The summed E-state index contributed by atoms with van der Waals surface area (Å²) in [7, 11) is -4.30. The van der Waals surface area contributed by atoms with Gasteiger partial charge in [0.25, 0.3) is 10.0 Å². The van der Waals surface area contributed by atoms with Crippen LogP contribution in [0.3, 0.4) is 0 Å². The summed E-state index contributed by atoms with van der Waals surface area (Å²) >= 11 is 0. The van der Waals surface area contributed by atoms with E-state index in [-0.39, 0.29) is 5.69 Å². The number of hydrogen-bond donors (Lipinski definition) is 2. The van der Waals surface area contributed by atoms with Crippen molar-refractivity contribution in [3.8, 4) is 0 Å². The van der Waals surface area contributed by atoms with Crippen LogP contribution in [0.25, 0.3) is 0 Å². The second-order valence-electron chi connectivity index (χ2n) is 4.63. The molecule has 128 valence electrons. The van der Waals surface area contributed by atoms with Gasteiger partial charge in [0.1, 0.15) is 5.82 Å². The molecule has 0 heterocycles. The number of benzene rings is 2. The van der Waals surface area contributed by atoms with Gasteiger partial charge in [0.15, 0.2) is 0 Å². The van der Waals surface area contributed by atoms with Crippen molar-refractivity contribution in [3.63, 3.8) is 0 Å². The quantitative estimate of drug-likeness (QED) is 0.816. The fraction of sp³-hybridized carbons (Fsp3) is 0.0714. The third-order valence-electron chi connectivity index (χ3n) is 2.94. The van der Waals surface area contributed by atoms with Crippen LogP contribution in [0.2, 0.25) is 0 Å². The highest BCUT2D eigenvalue weighted by Crippen LogP contribution is 2.30. The zero-order valence-corrected chi connectivity index (χ0v) is 12.5. The van der Waals surface area contributed by atoms with Gasteiger partial charge < -0.3 is 5.11 Å². The van der Waals surface area contributed by atoms with Crippen LogP contribution < -0.4 is 4.72 Å². The normalized spacial score (nSPS) is 12.0. The number of carboxylic acids is 1. The fourth-order valence-electron chi connectivity index (χ4n) is 1.78. The van der Waals surface area contributed by atoms with Gasteiger partial charge in [-0.25, -0.2) is 17.6 Å². The summed E-state index contributed by atoms with van der Waals surface area (Å²) < 4.78 is 76.9. The number of halogens is 4. The summed E-state index contributed by atoms with van der Waals surface area (Å²) in [4.78, 5) is 10.3. The zero-order chi connectivity index (χ0) is 18.1. The van der Waals surface area contributed by atoms with Crippen molar-refractivity contribution in [2.24, 2.45) is 0 Å². The summed E-state index contributed by atoms with van der Waals surface area (Å²) in [5.41, 5.74) is -1.96. The average Bonchev–Trinajstić information content (AvgIpc) is 2.46. The molecule has 2 aromatic rings. The summed E-state index contributed by atoms with van der Waals surface area (Å²) in [5, 5.41) is 8.79. The highest BCUT2D eigenvalue weighted by atomic mass is 32.2. The molecule has 0 saturated heterocycles. The van der Waals surface area contributed by atoms with Crippen molar-refractivity contribution in [3.05, 3.63) is 59.4 Å². The number of aromatic carboxylic acids is 1. The lowest BCUT2D eigenvalue weighted by Gasteiger charge is -2.11. The van der Waals surface area contributed by atoms with Gasteiger partial charge in [-0.3, -0.25) is 4.72 Å². The topological polar surface area (TPSA) is 83.5 Å². The number of hydrogen-bond acceptors (Lipinski definition) is 3. The molecule has 0 radical (unpaired) electrons. The number of alkyl halides is 3. The van der Waals surface area contributed by atoms with E-state index >= 15 is 0 Å². The first-order chi connectivity index (χ1) is 11.0. The molecule has 24 heavy (non-hydrogen) atoms. The minimum Gasteiger partial charge on any atom is -0.478 e. The van der Waals surface area contributed by atoms with E-state index in [2.05, 4.69) is 0 Å². The second-order valence-corrected chi connectivity index (χ2v) is 6.31. The lowest BCUT2D eigenvalue weighted by Crippen LogP contribution is -2.14. The Morgan fingerprint density at radius 1 is 1.04 bits per heavy atom. The first kappa shape index (κ1) is 17.7. The summed E-state index contributed by atoms with van der Waals surface area (Å²) in [5.74, 6) is -2.77. The Balaban J connectivity index is 2.32. The molecule has 2 rings (SSSR count). The molecular formula is C14H9F4NO4S. The van der Waals surface area contributed by atoms with Gasteiger partial charge >= 0.3 is 12.1 Å². The van der Waals surface area contributed by atoms with Crippen molar-refractivity contribution in [2.45, 2.75) is 11.1 Å². The molecule has 0 amide bonds. The Kier molecular flexibility index (Phi) is 4.52. The smallest absolute Gasteiger partial charge is 0.416 e. The van der Waals surface area contributed by atoms with Crippen molar-refractivity contribution < 1.29 is 35.9 Å². The molecule has 0 atom stereocenters. The van der Waals surface area contributed by atoms with Gasteiger partial charge in [-0.2, -0.15) is 13.2 Å². The van der Waals surface area contributed by atoms with Gasteiger partial charge in [-0.1, -0.05) is 0 Å². The molecule has 5 nitrogen and oxygen atoms in total. The largest absolute Gasteiger partial charge is 0.478 e. The Labute approximate surface area is 133 Å². The average molecular weight is 363 g/mol. The molecule has 0 aliphatic rings. The van der Waals surface area contributed by atoms with E-state index in [9.17, 15) is 30.8 Å². The Morgan fingerprint density at radius 2 is 1.62 bits per heavy atom. The van der Waals surface area contributed by atoms with Gasteiger partial charge in [-0.05, 0) is 42.5 Å². The number of anilines is 1. The summed E-state index contributed by atoms with van der Waals surface area (Å²) in [6.07, 6.45) is -4.56. The van der Waals surface area contributed by atoms with E-state index in [1.54, 1.807) is 0 Å². The molecular weight excluding hydrogens is 354 g/mol. The highest BCUT2D eigenvalue weighted by Gasteiger charge is 2.30. The van der Waals surface area contributed by atoms with Crippen LogP contribution >= 0.6 is 0 Å². The van der Waals surface area contributed by atoms with Crippen LogP contribution in [0, 0.1) is 5.82 Å². The van der Waals surface area contributed by atoms with E-state index in [0.717, 1.165) is 18.2 Å². The van der Waals surface area contributed by atoms with E-state index in [1.807, 2.05) is 4.72 Å². The highest BCUT2D eigenvalue weighted by molar-refractivity contribution is 7.92. The van der Waals surface area contributed by atoms with Gasteiger partial charge in [-0.15, -0.1) is 0 Å². The molecule has 0 unspecified atom stereocenters. The van der Waals surface area contributed by atoms with Crippen LogP contribution in [0.1, 0.15) is 15.9 Å². The van der Waals surface area contributed by atoms with Crippen LogP contribution in [-0.4, -0.2) is 19.5 Å². The Bertz CT molecular complexity index is 877. The van der Waals surface area contributed by atoms with Gasteiger partial charge in [0, 0.05) is 5.69 Å². The molecule has 2 N–H and O–H groups in total. The fourth-order valence-corrected chi connectivity index (χ4v) is 2.86. The van der Waals surface area contributed by atoms with Crippen LogP contribution in [-0.2, 0) is 16.2 Å². The lowest BCUT2D eigenvalue weighted by atomic mass is 10.2. The molecule has 0 aliphatic carbocycles. The lowest BCUT2D eigenvalue weighted by molar-refractivity contribution is -0.137. The first-order valence-electron chi connectivity index (χ1n) is 6.23. The standard InChI is InChI=1S/C14H9F4NO4S/c15-12-6-5-10(7-11(12)13(20)21)24(22,23)19-9-3-1-8(2-4-9)14(16,17)18/h1-7,19H,(H,20,21). The van der Waals surface area contributed by atoms with E-state index in [4.69, 9.17) is 5.11 Å². The third-order valence-corrected chi connectivity index (χ3v) is 4.32. The van der Waals surface area contributed by atoms with Crippen LogP contribution in [0.4, 0.5) is 23.2 Å². The maximum atomic E-state index is 13.3. The molecule has 0 bridgehead atoms. The molecule has 0 aliphatic heterocycles. The van der Waals surface area contributed by atoms with Crippen LogP contribution in [0.15, 0.2) is 47.4 Å². The maximum absolute atomic E-state index is 13.3.